The summed E-state index contributed by atoms with van der Waals surface area (Å²) >= 11 is 1.56. The highest BCUT2D eigenvalue weighted by atomic mass is 32.2. The van der Waals surface area contributed by atoms with Gasteiger partial charge in [-0.3, -0.25) is 0 Å². The first kappa shape index (κ1) is 12.9. The van der Waals surface area contributed by atoms with E-state index >= 15 is 0 Å². The van der Waals surface area contributed by atoms with E-state index in [-0.39, 0.29) is 0 Å². The van der Waals surface area contributed by atoms with Crippen molar-refractivity contribution in [2.24, 2.45) is 0 Å². The summed E-state index contributed by atoms with van der Waals surface area (Å²) in [5, 5.41) is 12.3. The topological polar surface area (TPSA) is 29.5 Å². The third-order valence-corrected chi connectivity index (χ3v) is 4.26. The molecule has 0 aliphatic carbocycles. The number of aromatic hydroxyl groups is 1. The maximum absolute atomic E-state index is 10.2. The SMILES string of the molecule is COc1ccc2ccc(O)c(Sc3ccccc3)c2c1. The van der Waals surface area contributed by atoms with Crippen molar-refractivity contribution >= 4 is 22.5 Å². The number of ether oxygens (including phenoxy) is 1. The molecule has 2 nitrogen and oxygen atoms in total. The zero-order valence-corrected chi connectivity index (χ0v) is 11.9. The molecule has 3 aromatic carbocycles. The van der Waals surface area contributed by atoms with Gasteiger partial charge in [0, 0.05) is 10.3 Å². The maximum Gasteiger partial charge on any atom is 0.130 e. The summed E-state index contributed by atoms with van der Waals surface area (Å²) in [7, 11) is 1.65. The van der Waals surface area contributed by atoms with Crippen molar-refractivity contribution < 1.29 is 9.84 Å². The molecule has 3 aromatic rings. The largest absolute Gasteiger partial charge is 0.507 e. The Balaban J connectivity index is 2.14. The normalized spacial score (nSPS) is 10.7. The quantitative estimate of drug-likeness (QED) is 0.754. The van der Waals surface area contributed by atoms with Crippen molar-refractivity contribution in [3.05, 3.63) is 60.7 Å². The van der Waals surface area contributed by atoms with Crippen LogP contribution in [0.25, 0.3) is 10.8 Å². The van der Waals surface area contributed by atoms with Gasteiger partial charge in [0.25, 0.3) is 0 Å². The smallest absolute Gasteiger partial charge is 0.130 e. The molecule has 0 atom stereocenters. The van der Waals surface area contributed by atoms with Gasteiger partial charge in [-0.15, -0.1) is 0 Å². The highest BCUT2D eigenvalue weighted by Gasteiger charge is 2.09. The van der Waals surface area contributed by atoms with Gasteiger partial charge in [0.1, 0.15) is 11.5 Å². The summed E-state index contributed by atoms with van der Waals surface area (Å²) in [6, 6.07) is 19.6. The maximum atomic E-state index is 10.2. The Bertz CT molecular complexity index is 739. The molecule has 0 radical (unpaired) electrons. The molecule has 0 aliphatic rings. The molecule has 0 amide bonds. The molecule has 0 saturated carbocycles. The van der Waals surface area contributed by atoms with E-state index in [2.05, 4.69) is 0 Å². The van der Waals surface area contributed by atoms with Crippen molar-refractivity contribution in [1.29, 1.82) is 0 Å². The van der Waals surface area contributed by atoms with Crippen molar-refractivity contribution in [2.45, 2.75) is 9.79 Å². The number of methoxy groups -OCH3 is 1. The van der Waals surface area contributed by atoms with E-state index in [1.165, 1.54) is 0 Å². The molecular formula is C17H14O2S. The summed E-state index contributed by atoms with van der Waals surface area (Å²) < 4.78 is 5.28. The van der Waals surface area contributed by atoms with Crippen LogP contribution >= 0.6 is 11.8 Å². The van der Waals surface area contributed by atoms with E-state index in [1.54, 1.807) is 24.9 Å². The molecule has 0 saturated heterocycles. The lowest BCUT2D eigenvalue weighted by Crippen LogP contribution is -1.85. The third-order valence-electron chi connectivity index (χ3n) is 3.12. The molecule has 20 heavy (non-hydrogen) atoms. The van der Waals surface area contributed by atoms with Crippen molar-refractivity contribution in [3.63, 3.8) is 0 Å². The van der Waals surface area contributed by atoms with Crippen LogP contribution in [-0.4, -0.2) is 12.2 Å². The fraction of sp³-hybridized carbons (Fsp3) is 0.0588. The number of hydrogen-bond acceptors (Lipinski definition) is 3. The lowest BCUT2D eigenvalue weighted by molar-refractivity contribution is 0.415. The second-order valence-corrected chi connectivity index (χ2v) is 5.50. The highest BCUT2D eigenvalue weighted by Crippen LogP contribution is 2.40. The predicted octanol–water partition coefficient (Wildman–Crippen LogP) is 4.71. The van der Waals surface area contributed by atoms with Crippen LogP contribution in [0.2, 0.25) is 0 Å². The molecule has 0 aliphatic heterocycles. The van der Waals surface area contributed by atoms with Gasteiger partial charge in [-0.2, -0.15) is 0 Å². The fourth-order valence-electron chi connectivity index (χ4n) is 2.10. The molecule has 0 heterocycles. The number of phenolic OH excluding ortho intramolecular Hbond substituents is 1. The van der Waals surface area contributed by atoms with Crippen molar-refractivity contribution in [2.75, 3.05) is 7.11 Å². The Morgan fingerprint density at radius 3 is 2.45 bits per heavy atom. The summed E-state index contributed by atoms with van der Waals surface area (Å²) in [6.45, 7) is 0. The Morgan fingerprint density at radius 2 is 1.70 bits per heavy atom. The van der Waals surface area contributed by atoms with Gasteiger partial charge in [-0.25, -0.2) is 0 Å². The molecule has 3 rings (SSSR count). The number of fused-ring (bicyclic) bond motifs is 1. The molecule has 1 N–H and O–H groups in total. The molecule has 0 bridgehead atoms. The Labute approximate surface area is 122 Å². The van der Waals surface area contributed by atoms with E-state index in [1.807, 2.05) is 54.6 Å². The Kier molecular flexibility index (Phi) is 3.52. The summed E-state index contributed by atoms with van der Waals surface area (Å²) in [6.07, 6.45) is 0. The second kappa shape index (κ2) is 5.47. The van der Waals surface area contributed by atoms with Crippen LogP contribution in [0.15, 0.2) is 70.5 Å². The van der Waals surface area contributed by atoms with E-state index in [4.69, 9.17) is 4.74 Å². The van der Waals surface area contributed by atoms with Crippen LogP contribution in [0, 0.1) is 0 Å². The van der Waals surface area contributed by atoms with Crippen LogP contribution in [0.3, 0.4) is 0 Å². The summed E-state index contributed by atoms with van der Waals surface area (Å²) in [5.41, 5.74) is 0. The first-order chi connectivity index (χ1) is 9.78. The van der Waals surface area contributed by atoms with Gasteiger partial charge in [-0.1, -0.05) is 42.1 Å². The van der Waals surface area contributed by atoms with E-state index in [0.717, 1.165) is 26.3 Å². The summed E-state index contributed by atoms with van der Waals surface area (Å²) in [4.78, 5) is 1.95. The lowest BCUT2D eigenvalue weighted by atomic mass is 10.1. The first-order valence-electron chi connectivity index (χ1n) is 6.30. The minimum absolute atomic E-state index is 0.291. The van der Waals surface area contributed by atoms with Gasteiger partial charge in [-0.05, 0) is 35.7 Å². The molecule has 100 valence electrons. The minimum atomic E-state index is 0.291. The lowest BCUT2D eigenvalue weighted by Gasteiger charge is -2.10. The average molecular weight is 282 g/mol. The van der Waals surface area contributed by atoms with Crippen LogP contribution in [-0.2, 0) is 0 Å². The molecular weight excluding hydrogens is 268 g/mol. The molecule has 0 fully saturated rings. The van der Waals surface area contributed by atoms with Crippen LogP contribution in [0.1, 0.15) is 0 Å². The Hall–Kier alpha value is -2.13. The van der Waals surface area contributed by atoms with Crippen LogP contribution < -0.4 is 4.74 Å². The van der Waals surface area contributed by atoms with Gasteiger partial charge in [0.05, 0.1) is 12.0 Å². The number of phenols is 1. The van der Waals surface area contributed by atoms with Gasteiger partial charge in [0.15, 0.2) is 0 Å². The van der Waals surface area contributed by atoms with E-state index in [0.29, 0.717) is 5.75 Å². The molecule has 3 heteroatoms. The van der Waals surface area contributed by atoms with E-state index in [9.17, 15) is 5.11 Å². The zero-order chi connectivity index (χ0) is 13.9. The van der Waals surface area contributed by atoms with Gasteiger partial charge >= 0.3 is 0 Å². The average Bonchev–Trinajstić information content (AvgIpc) is 2.51. The first-order valence-corrected chi connectivity index (χ1v) is 7.12. The number of benzene rings is 3. The predicted molar refractivity (Wildman–Crippen MR) is 82.7 cm³/mol. The molecule has 0 unspecified atom stereocenters. The Morgan fingerprint density at radius 1 is 0.950 bits per heavy atom. The van der Waals surface area contributed by atoms with Crippen LogP contribution in [0.5, 0.6) is 11.5 Å². The molecule has 0 aromatic heterocycles. The zero-order valence-electron chi connectivity index (χ0n) is 11.0. The summed E-state index contributed by atoms with van der Waals surface area (Å²) in [5.74, 6) is 1.08. The fourth-order valence-corrected chi connectivity index (χ4v) is 3.09. The van der Waals surface area contributed by atoms with E-state index < -0.39 is 0 Å². The minimum Gasteiger partial charge on any atom is -0.507 e. The van der Waals surface area contributed by atoms with Gasteiger partial charge < -0.3 is 9.84 Å². The number of hydrogen-bond donors (Lipinski definition) is 1. The molecule has 0 spiro atoms. The number of rotatable bonds is 3. The third kappa shape index (κ3) is 2.45. The van der Waals surface area contributed by atoms with Crippen LogP contribution in [0.4, 0.5) is 0 Å². The van der Waals surface area contributed by atoms with Gasteiger partial charge in [0.2, 0.25) is 0 Å². The monoisotopic (exact) mass is 282 g/mol. The standard InChI is InChI=1S/C17H14O2S/c1-19-13-9-7-12-8-10-16(18)17(15(12)11-13)20-14-5-3-2-4-6-14/h2-11,18H,1H3. The highest BCUT2D eigenvalue weighted by molar-refractivity contribution is 7.99. The van der Waals surface area contributed by atoms with Crippen molar-refractivity contribution in [3.8, 4) is 11.5 Å². The van der Waals surface area contributed by atoms with Crippen molar-refractivity contribution in [1.82, 2.24) is 0 Å². The second-order valence-electron chi connectivity index (χ2n) is 4.42.